The van der Waals surface area contributed by atoms with Gasteiger partial charge in [0.25, 0.3) is 0 Å². The highest BCUT2D eigenvalue weighted by molar-refractivity contribution is 6.30. The predicted molar refractivity (Wildman–Crippen MR) is 106 cm³/mol. The summed E-state index contributed by atoms with van der Waals surface area (Å²) in [6, 6.07) is 13.2. The first-order chi connectivity index (χ1) is 12.2. The molecule has 1 saturated carbocycles. The number of rotatable bonds is 6. The van der Waals surface area contributed by atoms with E-state index in [4.69, 9.17) is 11.6 Å². The van der Waals surface area contributed by atoms with Crippen LogP contribution < -0.4 is 0 Å². The lowest BCUT2D eigenvalue weighted by Crippen LogP contribution is -2.13. The van der Waals surface area contributed by atoms with Crippen LogP contribution in [-0.4, -0.2) is 0 Å². The summed E-state index contributed by atoms with van der Waals surface area (Å²) < 4.78 is 14.6. The Labute approximate surface area is 156 Å². The fraction of sp³-hybridized carbons (Fsp3) is 0.478. The lowest BCUT2D eigenvalue weighted by atomic mass is 9.77. The molecule has 3 rings (SSSR count). The van der Waals surface area contributed by atoms with Crippen molar-refractivity contribution in [1.82, 2.24) is 0 Å². The van der Waals surface area contributed by atoms with E-state index in [-0.39, 0.29) is 5.82 Å². The van der Waals surface area contributed by atoms with Gasteiger partial charge in [-0.3, -0.25) is 0 Å². The topological polar surface area (TPSA) is 0 Å². The molecule has 0 radical (unpaired) electrons. The summed E-state index contributed by atoms with van der Waals surface area (Å²) in [5.41, 5.74) is 2.71. The van der Waals surface area contributed by atoms with Gasteiger partial charge in [-0.25, -0.2) is 4.39 Å². The summed E-state index contributed by atoms with van der Waals surface area (Å²) in [4.78, 5) is 0. The van der Waals surface area contributed by atoms with Crippen molar-refractivity contribution in [2.45, 2.75) is 64.2 Å². The van der Waals surface area contributed by atoms with Crippen LogP contribution in [0.2, 0.25) is 5.02 Å². The largest absolute Gasteiger partial charge is 0.206 e. The number of hydrogen-bond acceptors (Lipinski definition) is 0. The van der Waals surface area contributed by atoms with Crippen LogP contribution >= 0.6 is 11.6 Å². The van der Waals surface area contributed by atoms with Gasteiger partial charge in [-0.1, -0.05) is 68.5 Å². The summed E-state index contributed by atoms with van der Waals surface area (Å²) in [6.07, 6.45) is 10.4. The zero-order chi connectivity index (χ0) is 17.6. The Morgan fingerprint density at radius 1 is 0.960 bits per heavy atom. The Morgan fingerprint density at radius 3 is 2.32 bits per heavy atom. The molecule has 1 fully saturated rings. The highest BCUT2D eigenvalue weighted by Crippen LogP contribution is 2.38. The molecular formula is C23H28ClF. The summed E-state index contributed by atoms with van der Waals surface area (Å²) in [7, 11) is 0. The third-order valence-corrected chi connectivity index (χ3v) is 5.93. The van der Waals surface area contributed by atoms with E-state index in [1.165, 1.54) is 56.9 Å². The normalized spacial score (nSPS) is 20.6. The third kappa shape index (κ3) is 4.85. The maximum Gasteiger partial charge on any atom is 0.131 e. The summed E-state index contributed by atoms with van der Waals surface area (Å²) in [6.45, 7) is 2.26. The summed E-state index contributed by atoms with van der Waals surface area (Å²) >= 11 is 5.92. The van der Waals surface area contributed by atoms with Gasteiger partial charge in [0.1, 0.15) is 5.82 Å². The smallest absolute Gasteiger partial charge is 0.131 e. The van der Waals surface area contributed by atoms with Crippen molar-refractivity contribution in [2.75, 3.05) is 0 Å². The highest BCUT2D eigenvalue weighted by atomic mass is 35.5. The van der Waals surface area contributed by atoms with Crippen LogP contribution in [0.1, 0.15) is 69.8 Å². The first kappa shape index (κ1) is 18.5. The van der Waals surface area contributed by atoms with E-state index in [1.54, 1.807) is 6.07 Å². The van der Waals surface area contributed by atoms with Crippen molar-refractivity contribution >= 4 is 11.6 Å². The summed E-state index contributed by atoms with van der Waals surface area (Å²) in [5, 5.41) is 0.677. The molecule has 1 aliphatic carbocycles. The third-order valence-electron chi connectivity index (χ3n) is 5.68. The van der Waals surface area contributed by atoms with Gasteiger partial charge in [0.05, 0.1) is 0 Å². The van der Waals surface area contributed by atoms with Crippen molar-refractivity contribution in [2.24, 2.45) is 5.92 Å². The molecule has 0 aliphatic heterocycles. The zero-order valence-corrected chi connectivity index (χ0v) is 15.9. The monoisotopic (exact) mass is 358 g/mol. The molecule has 0 bridgehead atoms. The first-order valence-electron chi connectivity index (χ1n) is 9.72. The van der Waals surface area contributed by atoms with Crippen molar-refractivity contribution in [3.8, 4) is 11.1 Å². The van der Waals surface area contributed by atoms with Gasteiger partial charge in [0.15, 0.2) is 0 Å². The SMILES string of the molecule is CCCCC[C@H]1CC[C@H](c2ccc(-c3ccc(Cl)cc3)c(F)c2)CC1. The fourth-order valence-electron chi connectivity index (χ4n) is 4.12. The second-order valence-electron chi connectivity index (χ2n) is 7.46. The van der Waals surface area contributed by atoms with Crippen molar-refractivity contribution in [3.63, 3.8) is 0 Å². The average molecular weight is 359 g/mol. The van der Waals surface area contributed by atoms with Crippen LogP contribution in [0.3, 0.4) is 0 Å². The lowest BCUT2D eigenvalue weighted by Gasteiger charge is -2.29. The number of benzene rings is 2. The molecular weight excluding hydrogens is 331 g/mol. The zero-order valence-electron chi connectivity index (χ0n) is 15.1. The minimum Gasteiger partial charge on any atom is -0.206 e. The Bertz CT molecular complexity index is 669. The minimum atomic E-state index is -0.120. The molecule has 2 aromatic rings. The standard InChI is InChI=1S/C23H28ClF/c1-2-3-4-5-17-6-8-18(9-7-17)20-12-15-22(23(25)16-20)19-10-13-21(24)14-11-19/h10-18H,2-9H2,1H3/t17-,18-. The van der Waals surface area contributed by atoms with Gasteiger partial charge in [-0.05, 0) is 66.8 Å². The number of unbranched alkanes of at least 4 members (excludes halogenated alkanes) is 2. The van der Waals surface area contributed by atoms with Crippen LogP contribution in [0, 0.1) is 11.7 Å². The molecule has 0 nitrogen and oxygen atoms in total. The van der Waals surface area contributed by atoms with Crippen LogP contribution in [-0.2, 0) is 0 Å². The van der Waals surface area contributed by atoms with E-state index in [9.17, 15) is 4.39 Å². The molecule has 0 amide bonds. The molecule has 0 N–H and O–H groups in total. The van der Waals surface area contributed by atoms with Crippen molar-refractivity contribution < 1.29 is 4.39 Å². The second-order valence-corrected chi connectivity index (χ2v) is 7.90. The molecule has 2 heteroatoms. The van der Waals surface area contributed by atoms with E-state index >= 15 is 0 Å². The quantitative estimate of drug-likeness (QED) is 0.459. The van der Waals surface area contributed by atoms with Crippen molar-refractivity contribution in [3.05, 3.63) is 58.9 Å². The van der Waals surface area contributed by atoms with E-state index in [0.717, 1.165) is 11.5 Å². The molecule has 0 saturated heterocycles. The molecule has 0 atom stereocenters. The Balaban J connectivity index is 1.63. The fourth-order valence-corrected chi connectivity index (χ4v) is 4.24. The lowest BCUT2D eigenvalue weighted by molar-refractivity contribution is 0.302. The highest BCUT2D eigenvalue weighted by Gasteiger charge is 2.22. The van der Waals surface area contributed by atoms with Gasteiger partial charge < -0.3 is 0 Å². The number of hydrogen-bond donors (Lipinski definition) is 0. The van der Waals surface area contributed by atoms with Crippen LogP contribution in [0.15, 0.2) is 42.5 Å². The molecule has 134 valence electrons. The van der Waals surface area contributed by atoms with Gasteiger partial charge in [0, 0.05) is 10.6 Å². The predicted octanol–water partition coefficient (Wildman–Crippen LogP) is 8.00. The molecule has 0 spiro atoms. The van der Waals surface area contributed by atoms with E-state index in [2.05, 4.69) is 13.0 Å². The maximum absolute atomic E-state index is 14.6. The van der Waals surface area contributed by atoms with E-state index in [1.807, 2.05) is 30.3 Å². The van der Waals surface area contributed by atoms with Crippen LogP contribution in [0.5, 0.6) is 0 Å². The number of halogens is 2. The minimum absolute atomic E-state index is 0.120. The summed E-state index contributed by atoms with van der Waals surface area (Å²) in [5.74, 6) is 1.29. The Kier molecular flexibility index (Phi) is 6.53. The Hall–Kier alpha value is -1.34. The molecule has 2 aromatic carbocycles. The van der Waals surface area contributed by atoms with E-state index in [0.29, 0.717) is 16.5 Å². The average Bonchev–Trinajstić information content (AvgIpc) is 2.63. The van der Waals surface area contributed by atoms with Gasteiger partial charge in [-0.2, -0.15) is 0 Å². The maximum atomic E-state index is 14.6. The molecule has 1 aliphatic rings. The Morgan fingerprint density at radius 2 is 1.68 bits per heavy atom. The molecule has 0 aromatic heterocycles. The molecule has 0 unspecified atom stereocenters. The van der Waals surface area contributed by atoms with Gasteiger partial charge in [0.2, 0.25) is 0 Å². The van der Waals surface area contributed by atoms with Crippen LogP contribution in [0.25, 0.3) is 11.1 Å². The van der Waals surface area contributed by atoms with E-state index < -0.39 is 0 Å². The van der Waals surface area contributed by atoms with Gasteiger partial charge >= 0.3 is 0 Å². The van der Waals surface area contributed by atoms with Crippen LogP contribution in [0.4, 0.5) is 4.39 Å². The molecule has 0 heterocycles. The van der Waals surface area contributed by atoms with Gasteiger partial charge in [-0.15, -0.1) is 0 Å². The molecule has 25 heavy (non-hydrogen) atoms. The second kappa shape index (κ2) is 8.85. The van der Waals surface area contributed by atoms with Crippen molar-refractivity contribution in [1.29, 1.82) is 0 Å². The first-order valence-corrected chi connectivity index (χ1v) is 10.1.